The lowest BCUT2D eigenvalue weighted by atomic mass is 10.0. The molecule has 0 unspecified atom stereocenters. The van der Waals surface area contributed by atoms with E-state index in [1.807, 2.05) is 79.7 Å². The SMILES string of the molecule is CCOc1ccc2ccccc2c1/C=C(\C#N)C(=O)Nc1ccc(OCc2ccccc2)cc1. The summed E-state index contributed by atoms with van der Waals surface area (Å²) >= 11 is 0. The van der Waals surface area contributed by atoms with Gasteiger partial charge < -0.3 is 14.8 Å². The van der Waals surface area contributed by atoms with Gasteiger partial charge in [0.05, 0.1) is 6.61 Å². The molecular weight excluding hydrogens is 424 g/mol. The van der Waals surface area contributed by atoms with Gasteiger partial charge in [-0.15, -0.1) is 0 Å². The molecule has 4 rings (SSSR count). The summed E-state index contributed by atoms with van der Waals surface area (Å²) in [7, 11) is 0. The minimum atomic E-state index is -0.490. The lowest BCUT2D eigenvalue weighted by Gasteiger charge is -2.12. The van der Waals surface area contributed by atoms with Gasteiger partial charge in [-0.1, -0.05) is 60.7 Å². The first-order valence-electron chi connectivity index (χ1n) is 11.0. The van der Waals surface area contributed by atoms with Crippen molar-refractivity contribution in [3.05, 3.63) is 108 Å². The standard InChI is InChI=1S/C29H24N2O3/c1-2-33-28-17-12-22-10-6-7-11-26(22)27(28)18-23(19-30)29(32)31-24-13-15-25(16-14-24)34-20-21-8-4-3-5-9-21/h3-18H,2,20H2,1H3,(H,31,32)/b23-18+. The van der Waals surface area contributed by atoms with Crippen LogP contribution in [0.5, 0.6) is 11.5 Å². The molecule has 0 aliphatic rings. The third-order valence-electron chi connectivity index (χ3n) is 5.24. The average molecular weight is 449 g/mol. The van der Waals surface area contributed by atoms with E-state index >= 15 is 0 Å². The fraction of sp³-hybridized carbons (Fsp3) is 0.103. The number of nitrogens with one attached hydrogen (secondary N) is 1. The Balaban J connectivity index is 1.51. The van der Waals surface area contributed by atoms with Crippen LogP contribution in [0.25, 0.3) is 16.8 Å². The van der Waals surface area contributed by atoms with E-state index in [-0.39, 0.29) is 5.57 Å². The van der Waals surface area contributed by atoms with E-state index in [2.05, 4.69) is 5.32 Å². The van der Waals surface area contributed by atoms with E-state index in [4.69, 9.17) is 9.47 Å². The predicted molar refractivity (Wildman–Crippen MR) is 135 cm³/mol. The van der Waals surface area contributed by atoms with Gasteiger partial charge in [0.25, 0.3) is 5.91 Å². The summed E-state index contributed by atoms with van der Waals surface area (Å²) in [5.41, 5.74) is 2.34. The number of hydrogen-bond donors (Lipinski definition) is 1. The molecule has 0 heterocycles. The molecular formula is C29H24N2O3. The molecule has 0 saturated heterocycles. The third-order valence-corrected chi connectivity index (χ3v) is 5.24. The number of fused-ring (bicyclic) bond motifs is 1. The molecule has 0 atom stereocenters. The van der Waals surface area contributed by atoms with Crippen LogP contribution in [0.2, 0.25) is 0 Å². The van der Waals surface area contributed by atoms with Crippen LogP contribution in [0.3, 0.4) is 0 Å². The van der Waals surface area contributed by atoms with Crippen LogP contribution in [0.1, 0.15) is 18.1 Å². The van der Waals surface area contributed by atoms with E-state index in [0.29, 0.717) is 36.0 Å². The lowest BCUT2D eigenvalue weighted by Crippen LogP contribution is -2.13. The summed E-state index contributed by atoms with van der Waals surface area (Å²) in [6.07, 6.45) is 1.58. The monoisotopic (exact) mass is 448 g/mol. The molecule has 4 aromatic carbocycles. The minimum absolute atomic E-state index is 0.0123. The second-order valence-electron chi connectivity index (χ2n) is 7.55. The van der Waals surface area contributed by atoms with Crippen molar-refractivity contribution in [1.29, 1.82) is 5.26 Å². The number of amides is 1. The van der Waals surface area contributed by atoms with Gasteiger partial charge in [-0.3, -0.25) is 4.79 Å². The number of ether oxygens (including phenoxy) is 2. The van der Waals surface area contributed by atoms with Crippen LogP contribution in [-0.2, 0) is 11.4 Å². The summed E-state index contributed by atoms with van der Waals surface area (Å²) in [5.74, 6) is 0.826. The Morgan fingerprint density at radius 3 is 2.38 bits per heavy atom. The summed E-state index contributed by atoms with van der Waals surface area (Å²) in [4.78, 5) is 12.9. The minimum Gasteiger partial charge on any atom is -0.493 e. The molecule has 4 aromatic rings. The Bertz CT molecular complexity index is 1350. The topological polar surface area (TPSA) is 71.3 Å². The van der Waals surface area contributed by atoms with Crippen LogP contribution in [0.15, 0.2) is 96.6 Å². The van der Waals surface area contributed by atoms with Crippen molar-refractivity contribution in [3.8, 4) is 17.6 Å². The maximum atomic E-state index is 12.9. The van der Waals surface area contributed by atoms with Crippen LogP contribution in [0, 0.1) is 11.3 Å². The molecule has 0 aliphatic carbocycles. The Morgan fingerprint density at radius 1 is 0.912 bits per heavy atom. The molecule has 0 radical (unpaired) electrons. The normalized spacial score (nSPS) is 11.0. The number of carbonyl (C=O) groups is 1. The van der Waals surface area contributed by atoms with Gasteiger partial charge in [0.15, 0.2) is 0 Å². The van der Waals surface area contributed by atoms with Gasteiger partial charge in [0, 0.05) is 11.3 Å². The zero-order valence-electron chi connectivity index (χ0n) is 18.8. The fourth-order valence-corrected chi connectivity index (χ4v) is 3.57. The van der Waals surface area contributed by atoms with Crippen LogP contribution >= 0.6 is 0 Å². The van der Waals surface area contributed by atoms with Crippen molar-refractivity contribution >= 4 is 28.4 Å². The quantitative estimate of drug-likeness (QED) is 0.251. The summed E-state index contributed by atoms with van der Waals surface area (Å²) < 4.78 is 11.5. The number of hydrogen-bond acceptors (Lipinski definition) is 4. The summed E-state index contributed by atoms with van der Waals surface area (Å²) in [6, 6.07) is 30.6. The molecule has 1 amide bonds. The Hall–Kier alpha value is -4.56. The molecule has 168 valence electrons. The molecule has 0 aliphatic heterocycles. The molecule has 0 bridgehead atoms. The van der Waals surface area contributed by atoms with Gasteiger partial charge in [-0.2, -0.15) is 5.26 Å². The van der Waals surface area contributed by atoms with Crippen molar-refractivity contribution in [2.75, 3.05) is 11.9 Å². The highest BCUT2D eigenvalue weighted by Crippen LogP contribution is 2.30. The molecule has 34 heavy (non-hydrogen) atoms. The Morgan fingerprint density at radius 2 is 1.65 bits per heavy atom. The van der Waals surface area contributed by atoms with Gasteiger partial charge in [-0.25, -0.2) is 0 Å². The average Bonchev–Trinajstić information content (AvgIpc) is 2.88. The molecule has 0 fully saturated rings. The van der Waals surface area contributed by atoms with E-state index in [1.54, 1.807) is 30.3 Å². The number of nitrogens with zero attached hydrogens (tertiary/aromatic N) is 1. The highest BCUT2D eigenvalue weighted by atomic mass is 16.5. The lowest BCUT2D eigenvalue weighted by molar-refractivity contribution is -0.112. The number of nitriles is 1. The van der Waals surface area contributed by atoms with Crippen molar-refractivity contribution in [3.63, 3.8) is 0 Å². The van der Waals surface area contributed by atoms with Crippen molar-refractivity contribution < 1.29 is 14.3 Å². The van der Waals surface area contributed by atoms with Crippen molar-refractivity contribution in [2.45, 2.75) is 13.5 Å². The zero-order valence-corrected chi connectivity index (χ0v) is 18.8. The van der Waals surface area contributed by atoms with E-state index in [9.17, 15) is 10.1 Å². The molecule has 1 N–H and O–H groups in total. The van der Waals surface area contributed by atoms with Crippen LogP contribution in [-0.4, -0.2) is 12.5 Å². The first kappa shape index (κ1) is 22.6. The molecule has 0 aromatic heterocycles. The fourth-order valence-electron chi connectivity index (χ4n) is 3.57. The largest absolute Gasteiger partial charge is 0.493 e. The van der Waals surface area contributed by atoms with E-state index in [0.717, 1.165) is 16.3 Å². The van der Waals surface area contributed by atoms with Gasteiger partial charge in [0.1, 0.15) is 29.7 Å². The molecule has 5 heteroatoms. The number of anilines is 1. The van der Waals surface area contributed by atoms with Gasteiger partial charge in [-0.05, 0) is 59.7 Å². The molecule has 0 spiro atoms. The number of benzene rings is 4. The van der Waals surface area contributed by atoms with Gasteiger partial charge in [0.2, 0.25) is 0 Å². The first-order chi connectivity index (χ1) is 16.7. The zero-order chi connectivity index (χ0) is 23.8. The summed E-state index contributed by atoms with van der Waals surface area (Å²) in [6.45, 7) is 2.83. The molecule has 0 saturated carbocycles. The van der Waals surface area contributed by atoms with E-state index in [1.165, 1.54) is 0 Å². The second-order valence-corrected chi connectivity index (χ2v) is 7.55. The van der Waals surface area contributed by atoms with Crippen molar-refractivity contribution in [1.82, 2.24) is 0 Å². The maximum absolute atomic E-state index is 12.9. The predicted octanol–water partition coefficient (Wildman–Crippen LogP) is 6.36. The third kappa shape index (κ3) is 5.43. The molecule has 5 nitrogen and oxygen atoms in total. The highest BCUT2D eigenvalue weighted by molar-refractivity contribution is 6.11. The highest BCUT2D eigenvalue weighted by Gasteiger charge is 2.14. The van der Waals surface area contributed by atoms with Crippen LogP contribution < -0.4 is 14.8 Å². The van der Waals surface area contributed by atoms with Crippen LogP contribution in [0.4, 0.5) is 5.69 Å². The number of carbonyl (C=O) groups excluding carboxylic acids is 1. The number of rotatable bonds is 8. The Kier molecular flexibility index (Phi) is 7.22. The maximum Gasteiger partial charge on any atom is 0.266 e. The Labute approximate surface area is 198 Å². The first-order valence-corrected chi connectivity index (χ1v) is 11.0. The summed E-state index contributed by atoms with van der Waals surface area (Å²) in [5, 5.41) is 14.4. The van der Waals surface area contributed by atoms with Gasteiger partial charge >= 0.3 is 0 Å². The smallest absolute Gasteiger partial charge is 0.266 e. The second kappa shape index (κ2) is 10.8. The van der Waals surface area contributed by atoms with E-state index < -0.39 is 5.91 Å². The van der Waals surface area contributed by atoms with Crippen molar-refractivity contribution in [2.24, 2.45) is 0 Å².